The highest BCUT2D eigenvalue weighted by molar-refractivity contribution is 6.35. The molecule has 3 aliphatic heterocycles. The van der Waals surface area contributed by atoms with E-state index in [0.29, 0.717) is 11.1 Å². The molecule has 2 amide bonds. The van der Waals surface area contributed by atoms with Crippen molar-refractivity contribution < 1.29 is 14.3 Å². The van der Waals surface area contributed by atoms with Crippen molar-refractivity contribution in [2.75, 3.05) is 65.6 Å². The zero-order chi connectivity index (χ0) is 19.5. The van der Waals surface area contributed by atoms with Crippen LogP contribution in [0.1, 0.15) is 15.9 Å². The molecular formula is C20H27BN4O3. The van der Waals surface area contributed by atoms with Crippen LogP contribution in [0.2, 0.25) is 0 Å². The number of carbonyl (C=O) groups is 2. The fourth-order valence-electron chi connectivity index (χ4n) is 3.97. The van der Waals surface area contributed by atoms with Crippen molar-refractivity contribution in [3.63, 3.8) is 0 Å². The fourth-order valence-corrected chi connectivity index (χ4v) is 3.97. The van der Waals surface area contributed by atoms with E-state index in [1.807, 2.05) is 26.2 Å². The molecule has 0 unspecified atom stereocenters. The molecule has 2 saturated heterocycles. The number of fused-ring (bicyclic) bond motifs is 1. The Morgan fingerprint density at radius 3 is 2.32 bits per heavy atom. The maximum absolute atomic E-state index is 12.4. The number of morpholine rings is 1. The first kappa shape index (κ1) is 19.2. The van der Waals surface area contributed by atoms with Crippen molar-refractivity contribution in [3.8, 4) is 0 Å². The highest BCUT2D eigenvalue weighted by Gasteiger charge is 2.28. The molecule has 1 aromatic rings. The van der Waals surface area contributed by atoms with E-state index in [4.69, 9.17) is 4.74 Å². The number of hydrogen-bond acceptors (Lipinski definition) is 6. The quantitative estimate of drug-likeness (QED) is 0.389. The van der Waals surface area contributed by atoms with Crippen LogP contribution in [0, 0.1) is 0 Å². The van der Waals surface area contributed by atoms with Gasteiger partial charge in [-0.15, -0.1) is 0 Å². The normalized spacial score (nSPS) is 23.0. The minimum atomic E-state index is -0.315. The van der Waals surface area contributed by atoms with Gasteiger partial charge in [-0.3, -0.25) is 24.7 Å². The molecule has 3 aliphatic rings. The van der Waals surface area contributed by atoms with Gasteiger partial charge >= 0.3 is 0 Å². The van der Waals surface area contributed by atoms with Gasteiger partial charge in [0.15, 0.2) is 0 Å². The molecule has 8 heteroatoms. The molecule has 28 heavy (non-hydrogen) atoms. The summed E-state index contributed by atoms with van der Waals surface area (Å²) in [5, 5.41) is 2.46. The minimum absolute atomic E-state index is 0.308. The zero-order valence-electron chi connectivity index (χ0n) is 16.4. The number of benzene rings is 1. The highest BCUT2D eigenvalue weighted by atomic mass is 16.5. The molecule has 0 spiro atoms. The Labute approximate surface area is 166 Å². The Bertz CT molecular complexity index is 784. The third kappa shape index (κ3) is 4.29. The monoisotopic (exact) mass is 382 g/mol. The molecule has 2 fully saturated rings. The summed E-state index contributed by atoms with van der Waals surface area (Å²) in [5.74, 6) is -0.622. The first-order valence-corrected chi connectivity index (χ1v) is 10.1. The number of imide groups is 1. The first-order chi connectivity index (χ1) is 13.6. The van der Waals surface area contributed by atoms with Crippen LogP contribution in [0.5, 0.6) is 0 Å². The second-order valence-corrected chi connectivity index (χ2v) is 7.71. The van der Waals surface area contributed by atoms with Gasteiger partial charge in [0.25, 0.3) is 11.8 Å². The van der Waals surface area contributed by atoms with Crippen molar-refractivity contribution in [2.45, 2.75) is 0 Å². The minimum Gasteiger partial charge on any atom is -0.379 e. The predicted molar refractivity (Wildman–Crippen MR) is 110 cm³/mol. The number of nitrogens with zero attached hydrogens (tertiary/aromatic N) is 3. The molecule has 1 N–H and O–H groups in total. The van der Waals surface area contributed by atoms with Gasteiger partial charge in [-0.2, -0.15) is 0 Å². The van der Waals surface area contributed by atoms with Gasteiger partial charge in [-0.1, -0.05) is 17.6 Å². The van der Waals surface area contributed by atoms with Crippen molar-refractivity contribution in [2.24, 2.45) is 0 Å². The van der Waals surface area contributed by atoms with Crippen LogP contribution < -0.4 is 10.8 Å². The van der Waals surface area contributed by atoms with Crippen LogP contribution in [-0.4, -0.2) is 99.9 Å². The molecule has 7 nitrogen and oxygen atoms in total. The van der Waals surface area contributed by atoms with Gasteiger partial charge in [0.2, 0.25) is 0 Å². The van der Waals surface area contributed by atoms with Crippen LogP contribution in [0.4, 0.5) is 0 Å². The number of amides is 2. The van der Waals surface area contributed by atoms with Crippen molar-refractivity contribution in [1.82, 2.24) is 20.0 Å². The third-order valence-electron chi connectivity index (χ3n) is 5.74. The Balaban J connectivity index is 1.38. The summed E-state index contributed by atoms with van der Waals surface area (Å²) in [6.07, 6.45) is 1.93. The maximum atomic E-state index is 12.4. The molecule has 1 aromatic carbocycles. The Morgan fingerprint density at radius 1 is 0.929 bits per heavy atom. The summed E-state index contributed by atoms with van der Waals surface area (Å²) < 4.78 is 5.40. The lowest BCUT2D eigenvalue weighted by atomic mass is 9.87. The molecule has 0 bridgehead atoms. The Kier molecular flexibility index (Phi) is 5.80. The number of ether oxygens (including phenoxy) is 1. The van der Waals surface area contributed by atoms with E-state index in [1.54, 1.807) is 6.07 Å². The molecule has 0 saturated carbocycles. The summed E-state index contributed by atoms with van der Waals surface area (Å²) in [7, 11) is 1.97. The lowest BCUT2D eigenvalue weighted by Crippen LogP contribution is -2.48. The van der Waals surface area contributed by atoms with E-state index in [2.05, 4.69) is 20.0 Å². The average molecular weight is 382 g/mol. The Morgan fingerprint density at radius 2 is 1.61 bits per heavy atom. The molecule has 0 aliphatic carbocycles. The SMILES string of the molecule is Bc1ccc2c(c1)/C(=C/N1CCN(CCN3CCOCC3)CC1)C(=O)NC2=O. The zero-order valence-corrected chi connectivity index (χ0v) is 16.4. The van der Waals surface area contributed by atoms with Crippen LogP contribution in [0.25, 0.3) is 5.57 Å². The average Bonchev–Trinajstić information content (AvgIpc) is 2.71. The van der Waals surface area contributed by atoms with Crippen LogP contribution in [-0.2, 0) is 9.53 Å². The van der Waals surface area contributed by atoms with Crippen LogP contribution >= 0.6 is 0 Å². The number of nitrogens with one attached hydrogen (secondary N) is 1. The number of rotatable bonds is 4. The number of hydrogen-bond donors (Lipinski definition) is 1. The van der Waals surface area contributed by atoms with Crippen molar-refractivity contribution >= 4 is 30.7 Å². The largest absolute Gasteiger partial charge is 0.379 e. The summed E-state index contributed by atoms with van der Waals surface area (Å²) in [5.41, 5.74) is 2.93. The lowest BCUT2D eigenvalue weighted by molar-refractivity contribution is -0.114. The standard InChI is InChI=1S/C20H27BN4O3/c21-15-1-2-16-17(13-15)18(20(27)22-19(16)26)14-25-7-5-23(6-8-25)3-4-24-9-11-28-12-10-24/h1-2,13-14H,3-12,21H2,(H,22,26,27)/b18-14-. The highest BCUT2D eigenvalue weighted by Crippen LogP contribution is 2.24. The molecule has 148 valence electrons. The van der Waals surface area contributed by atoms with Gasteiger partial charge in [0.05, 0.1) is 18.8 Å². The van der Waals surface area contributed by atoms with E-state index in [9.17, 15) is 9.59 Å². The summed E-state index contributed by atoms with van der Waals surface area (Å²) in [4.78, 5) is 31.7. The number of carbonyl (C=O) groups excluding carboxylic acids is 2. The second kappa shape index (κ2) is 8.47. The Hall–Kier alpha value is -2.16. The van der Waals surface area contributed by atoms with E-state index < -0.39 is 0 Å². The fraction of sp³-hybridized carbons (Fsp3) is 0.500. The molecule has 0 atom stereocenters. The van der Waals surface area contributed by atoms with Crippen LogP contribution in [0.15, 0.2) is 24.4 Å². The van der Waals surface area contributed by atoms with Gasteiger partial charge < -0.3 is 9.64 Å². The van der Waals surface area contributed by atoms with E-state index in [0.717, 1.165) is 76.6 Å². The van der Waals surface area contributed by atoms with E-state index in [1.165, 1.54) is 0 Å². The second-order valence-electron chi connectivity index (χ2n) is 7.71. The molecule has 4 rings (SSSR count). The van der Waals surface area contributed by atoms with Crippen LogP contribution in [0.3, 0.4) is 0 Å². The van der Waals surface area contributed by atoms with Gasteiger partial charge in [-0.25, -0.2) is 0 Å². The summed E-state index contributed by atoms with van der Waals surface area (Å²) in [6.45, 7) is 9.62. The summed E-state index contributed by atoms with van der Waals surface area (Å²) >= 11 is 0. The van der Waals surface area contributed by atoms with Crippen molar-refractivity contribution in [3.05, 3.63) is 35.5 Å². The van der Waals surface area contributed by atoms with Gasteiger partial charge in [0.1, 0.15) is 7.85 Å². The van der Waals surface area contributed by atoms with Gasteiger partial charge in [-0.05, 0) is 6.07 Å². The smallest absolute Gasteiger partial charge is 0.260 e. The molecule has 0 aromatic heterocycles. The van der Waals surface area contributed by atoms with E-state index in [-0.39, 0.29) is 11.8 Å². The predicted octanol–water partition coefficient (Wildman–Crippen LogP) is -1.49. The topological polar surface area (TPSA) is 65.1 Å². The maximum Gasteiger partial charge on any atom is 0.260 e. The van der Waals surface area contributed by atoms with Crippen molar-refractivity contribution in [1.29, 1.82) is 0 Å². The first-order valence-electron chi connectivity index (χ1n) is 10.1. The van der Waals surface area contributed by atoms with E-state index >= 15 is 0 Å². The molecule has 0 radical (unpaired) electrons. The lowest BCUT2D eigenvalue weighted by Gasteiger charge is -2.36. The molecule has 3 heterocycles. The number of piperazine rings is 1. The third-order valence-corrected chi connectivity index (χ3v) is 5.74. The van der Waals surface area contributed by atoms with Gasteiger partial charge in [0, 0.05) is 69.7 Å². The summed E-state index contributed by atoms with van der Waals surface area (Å²) in [6, 6.07) is 5.62. The molecular weight excluding hydrogens is 355 g/mol.